The highest BCUT2D eigenvalue weighted by molar-refractivity contribution is 6.07. The summed E-state index contributed by atoms with van der Waals surface area (Å²) in [6, 6.07) is 11.6. The van der Waals surface area contributed by atoms with E-state index >= 15 is 0 Å². The van der Waals surface area contributed by atoms with Crippen molar-refractivity contribution in [2.75, 3.05) is 12.4 Å². The monoisotopic (exact) mass is 572 g/mol. The number of carbonyl (C=O) groups excluding carboxylic acids is 3. The van der Waals surface area contributed by atoms with Gasteiger partial charge in [-0.15, -0.1) is 0 Å². The molecular formula is C30H32N6O6. The molecule has 1 aromatic carbocycles. The second-order valence-electron chi connectivity index (χ2n) is 10.6. The standard InChI is InChI=1S/C30H32N6O6/c1-30(2,3)42-26(38)12-9-19-13-22(16-31-15-19)23-10-11-25(37)36(33-23)17-20-7-6-8-21(14-20)28(39)32-24-18-35(4)34-27(24)29(40)41-5/h6-8,10-11,13-16,18H,9,12,17H2,1-5H3,(H,32,39). The summed E-state index contributed by atoms with van der Waals surface area (Å²) in [5.41, 5.74) is 2.37. The maximum atomic E-state index is 13.0. The number of methoxy groups -OCH3 is 1. The summed E-state index contributed by atoms with van der Waals surface area (Å²) in [6.45, 7) is 5.58. The van der Waals surface area contributed by atoms with Crippen molar-refractivity contribution in [3.63, 3.8) is 0 Å². The highest BCUT2D eigenvalue weighted by Crippen LogP contribution is 2.19. The minimum absolute atomic E-state index is 0.0135. The molecule has 0 radical (unpaired) electrons. The maximum absolute atomic E-state index is 13.0. The average Bonchev–Trinajstić information content (AvgIpc) is 3.31. The molecule has 0 bridgehead atoms. The molecule has 3 heterocycles. The molecule has 0 unspecified atom stereocenters. The molecule has 0 aliphatic carbocycles. The van der Waals surface area contributed by atoms with Crippen LogP contribution in [-0.2, 0) is 34.3 Å². The third-order valence-corrected chi connectivity index (χ3v) is 5.97. The SMILES string of the molecule is COC(=O)c1nn(C)cc1NC(=O)c1cccc(Cn2nc(-c3cncc(CCC(=O)OC(C)(C)C)c3)ccc2=O)c1. The van der Waals surface area contributed by atoms with Gasteiger partial charge in [0.2, 0.25) is 0 Å². The molecule has 12 heteroatoms. The van der Waals surface area contributed by atoms with E-state index in [0.29, 0.717) is 28.8 Å². The predicted molar refractivity (Wildman–Crippen MR) is 154 cm³/mol. The molecule has 1 amide bonds. The Hall–Kier alpha value is -5.13. The first-order valence-electron chi connectivity index (χ1n) is 13.2. The lowest BCUT2D eigenvalue weighted by atomic mass is 10.1. The van der Waals surface area contributed by atoms with E-state index in [1.165, 1.54) is 28.7 Å². The predicted octanol–water partition coefficient (Wildman–Crippen LogP) is 3.40. The third kappa shape index (κ3) is 7.74. The number of aryl methyl sites for hydroxylation is 2. The quantitative estimate of drug-likeness (QED) is 0.298. The van der Waals surface area contributed by atoms with Crippen molar-refractivity contribution in [1.29, 1.82) is 0 Å². The third-order valence-electron chi connectivity index (χ3n) is 5.97. The number of aromatic nitrogens is 5. The first-order valence-corrected chi connectivity index (χ1v) is 13.2. The number of ether oxygens (including phenoxy) is 2. The summed E-state index contributed by atoms with van der Waals surface area (Å²) in [5, 5.41) is 11.2. The van der Waals surface area contributed by atoms with Crippen LogP contribution >= 0.6 is 0 Å². The Morgan fingerprint density at radius 3 is 2.52 bits per heavy atom. The first-order chi connectivity index (χ1) is 19.9. The fourth-order valence-electron chi connectivity index (χ4n) is 4.13. The summed E-state index contributed by atoms with van der Waals surface area (Å²) in [6.07, 6.45) is 5.49. The van der Waals surface area contributed by atoms with Gasteiger partial charge < -0.3 is 14.8 Å². The lowest BCUT2D eigenvalue weighted by Crippen LogP contribution is -2.24. The maximum Gasteiger partial charge on any atom is 0.360 e. The zero-order chi connectivity index (χ0) is 30.4. The zero-order valence-electron chi connectivity index (χ0n) is 24.1. The smallest absolute Gasteiger partial charge is 0.360 e. The largest absolute Gasteiger partial charge is 0.464 e. The van der Waals surface area contributed by atoms with Gasteiger partial charge in [0.25, 0.3) is 11.5 Å². The van der Waals surface area contributed by atoms with E-state index < -0.39 is 17.5 Å². The van der Waals surface area contributed by atoms with Crippen molar-refractivity contribution in [2.45, 2.75) is 45.8 Å². The fraction of sp³-hybridized carbons (Fsp3) is 0.300. The van der Waals surface area contributed by atoms with Gasteiger partial charge in [-0.3, -0.25) is 24.0 Å². The summed E-state index contributed by atoms with van der Waals surface area (Å²) < 4.78 is 12.8. The van der Waals surface area contributed by atoms with Crippen molar-refractivity contribution in [2.24, 2.45) is 7.05 Å². The number of benzene rings is 1. The van der Waals surface area contributed by atoms with Crippen LogP contribution in [0.25, 0.3) is 11.3 Å². The Bertz CT molecular complexity index is 1680. The van der Waals surface area contributed by atoms with E-state index in [0.717, 1.165) is 5.56 Å². The lowest BCUT2D eigenvalue weighted by Gasteiger charge is -2.19. The van der Waals surface area contributed by atoms with Gasteiger partial charge in [0.05, 0.1) is 25.0 Å². The van der Waals surface area contributed by atoms with Gasteiger partial charge in [-0.05, 0) is 62.6 Å². The number of nitrogens with zero attached hydrogens (tertiary/aromatic N) is 5. The normalized spacial score (nSPS) is 11.2. The van der Waals surface area contributed by atoms with Crippen LogP contribution in [0.1, 0.15) is 59.2 Å². The van der Waals surface area contributed by atoms with Crippen LogP contribution < -0.4 is 10.9 Å². The van der Waals surface area contributed by atoms with Crippen LogP contribution in [0.3, 0.4) is 0 Å². The number of rotatable bonds is 9. The highest BCUT2D eigenvalue weighted by Gasteiger charge is 2.20. The van der Waals surface area contributed by atoms with Crippen LogP contribution in [0.15, 0.2) is 65.8 Å². The molecule has 0 saturated carbocycles. The molecule has 3 aromatic heterocycles. The van der Waals surface area contributed by atoms with E-state index in [2.05, 4.69) is 20.5 Å². The van der Waals surface area contributed by atoms with Crippen LogP contribution in [0.4, 0.5) is 5.69 Å². The Morgan fingerprint density at radius 1 is 1.00 bits per heavy atom. The fourth-order valence-corrected chi connectivity index (χ4v) is 4.13. The molecule has 0 spiro atoms. The average molecular weight is 573 g/mol. The molecule has 0 aliphatic heterocycles. The van der Waals surface area contributed by atoms with Crippen molar-refractivity contribution in [1.82, 2.24) is 24.5 Å². The van der Waals surface area contributed by atoms with Crippen LogP contribution in [0.5, 0.6) is 0 Å². The number of esters is 2. The second kappa shape index (κ2) is 12.6. The number of pyridine rings is 1. The molecule has 0 atom stereocenters. The van der Waals surface area contributed by atoms with Gasteiger partial charge in [0, 0.05) is 49.3 Å². The molecule has 0 fully saturated rings. The Morgan fingerprint density at radius 2 is 1.79 bits per heavy atom. The zero-order valence-corrected chi connectivity index (χ0v) is 24.1. The van der Waals surface area contributed by atoms with Gasteiger partial charge in [-0.2, -0.15) is 10.2 Å². The van der Waals surface area contributed by atoms with E-state index in [1.807, 2.05) is 26.8 Å². The summed E-state index contributed by atoms with van der Waals surface area (Å²) >= 11 is 0. The summed E-state index contributed by atoms with van der Waals surface area (Å²) in [5.74, 6) is -1.42. The molecular weight excluding hydrogens is 540 g/mol. The topological polar surface area (TPSA) is 147 Å². The first kappa shape index (κ1) is 29.8. The van der Waals surface area contributed by atoms with Crippen molar-refractivity contribution < 1.29 is 23.9 Å². The van der Waals surface area contributed by atoms with Crippen molar-refractivity contribution in [3.05, 3.63) is 93.8 Å². The van der Waals surface area contributed by atoms with E-state index in [-0.39, 0.29) is 35.9 Å². The highest BCUT2D eigenvalue weighted by atomic mass is 16.6. The number of carbonyl (C=O) groups is 3. The minimum atomic E-state index is -0.672. The Balaban J connectivity index is 1.49. The van der Waals surface area contributed by atoms with Crippen molar-refractivity contribution in [3.8, 4) is 11.3 Å². The van der Waals surface area contributed by atoms with Crippen LogP contribution in [0, 0.1) is 0 Å². The van der Waals surface area contributed by atoms with Gasteiger partial charge in [-0.25, -0.2) is 9.48 Å². The van der Waals surface area contributed by atoms with E-state index in [1.54, 1.807) is 49.8 Å². The van der Waals surface area contributed by atoms with E-state index in [4.69, 9.17) is 9.47 Å². The molecule has 4 aromatic rings. The second-order valence-corrected chi connectivity index (χ2v) is 10.6. The number of anilines is 1. The van der Waals surface area contributed by atoms with Crippen molar-refractivity contribution >= 4 is 23.5 Å². The molecule has 1 N–H and O–H groups in total. The minimum Gasteiger partial charge on any atom is -0.464 e. The van der Waals surface area contributed by atoms with Gasteiger partial charge in [0.15, 0.2) is 5.69 Å². The van der Waals surface area contributed by atoms with Gasteiger partial charge in [-0.1, -0.05) is 12.1 Å². The number of hydrogen-bond donors (Lipinski definition) is 1. The number of nitrogens with one attached hydrogen (secondary N) is 1. The van der Waals surface area contributed by atoms with Gasteiger partial charge >= 0.3 is 11.9 Å². The van der Waals surface area contributed by atoms with E-state index in [9.17, 15) is 19.2 Å². The molecule has 218 valence electrons. The molecule has 0 aliphatic rings. The van der Waals surface area contributed by atoms with Crippen LogP contribution in [0.2, 0.25) is 0 Å². The van der Waals surface area contributed by atoms with Crippen LogP contribution in [-0.4, -0.2) is 55.1 Å². The molecule has 12 nitrogen and oxygen atoms in total. The number of hydrogen-bond acceptors (Lipinski definition) is 9. The summed E-state index contributed by atoms with van der Waals surface area (Å²) in [7, 11) is 2.86. The lowest BCUT2D eigenvalue weighted by molar-refractivity contribution is -0.154. The molecule has 4 rings (SSSR count). The Labute approximate surface area is 242 Å². The Kier molecular flexibility index (Phi) is 8.94. The molecule has 0 saturated heterocycles. The number of amides is 1. The van der Waals surface area contributed by atoms with Gasteiger partial charge in [0.1, 0.15) is 5.60 Å². The molecule has 42 heavy (non-hydrogen) atoms. The summed E-state index contributed by atoms with van der Waals surface area (Å²) in [4.78, 5) is 54.0.